The predicted molar refractivity (Wildman–Crippen MR) is 89.7 cm³/mol. The second-order valence-corrected chi connectivity index (χ2v) is 7.99. The Balaban J connectivity index is 1.92. The molecule has 0 saturated carbocycles. The van der Waals surface area contributed by atoms with Crippen molar-refractivity contribution in [2.75, 3.05) is 5.32 Å². The molecule has 1 amide bonds. The van der Waals surface area contributed by atoms with E-state index in [0.29, 0.717) is 22.6 Å². The summed E-state index contributed by atoms with van der Waals surface area (Å²) >= 11 is 0. The lowest BCUT2D eigenvalue weighted by Crippen LogP contribution is -2.42. The quantitative estimate of drug-likeness (QED) is 0.861. The van der Waals surface area contributed by atoms with E-state index in [0.717, 1.165) is 19.3 Å². The molecule has 1 fully saturated rings. The molecule has 6 heteroatoms. The zero-order valence-electron chi connectivity index (χ0n) is 13.5. The second-order valence-electron chi connectivity index (χ2n) is 6.18. The number of aryl methyl sites for hydroxylation is 1. The molecule has 2 aliphatic rings. The number of fused-ring (bicyclic) bond motifs is 2. The number of nitrogens with one attached hydrogen (secondary N) is 1. The summed E-state index contributed by atoms with van der Waals surface area (Å²) < 4.78 is 27.8. The Labute approximate surface area is 137 Å². The summed E-state index contributed by atoms with van der Waals surface area (Å²) in [5.41, 5.74) is 1.29. The van der Waals surface area contributed by atoms with E-state index in [2.05, 4.69) is 11.4 Å². The van der Waals surface area contributed by atoms with Gasteiger partial charge in [0.15, 0.2) is 0 Å². The van der Waals surface area contributed by atoms with E-state index in [9.17, 15) is 13.2 Å². The van der Waals surface area contributed by atoms with Crippen LogP contribution in [0.3, 0.4) is 0 Å². The monoisotopic (exact) mass is 334 g/mol. The fourth-order valence-corrected chi connectivity index (χ4v) is 5.49. The summed E-state index contributed by atoms with van der Waals surface area (Å²) in [6.45, 7) is 3.55. The van der Waals surface area contributed by atoms with Gasteiger partial charge in [0.05, 0.1) is 4.90 Å². The molecule has 2 atom stereocenters. The van der Waals surface area contributed by atoms with Crippen molar-refractivity contribution in [2.24, 2.45) is 0 Å². The third kappa shape index (κ3) is 2.93. The van der Waals surface area contributed by atoms with Gasteiger partial charge in [-0.3, -0.25) is 4.79 Å². The predicted octanol–water partition coefficient (Wildman–Crippen LogP) is 2.83. The normalized spacial score (nSPS) is 23.9. The van der Waals surface area contributed by atoms with E-state index < -0.39 is 10.0 Å². The molecule has 2 unspecified atom stereocenters. The maximum absolute atomic E-state index is 13.1. The summed E-state index contributed by atoms with van der Waals surface area (Å²) in [5.74, 6) is -0.0841. The molecule has 0 radical (unpaired) electrons. The number of carbonyl (C=O) groups excluding carboxylic acids is 1. The molecule has 2 bridgehead atoms. The fraction of sp³-hybridized carbons (Fsp3) is 0.471. The van der Waals surface area contributed by atoms with E-state index in [4.69, 9.17) is 0 Å². The summed E-state index contributed by atoms with van der Waals surface area (Å²) in [7, 11) is -3.51. The first-order valence-corrected chi connectivity index (χ1v) is 9.48. The Morgan fingerprint density at radius 2 is 2.13 bits per heavy atom. The van der Waals surface area contributed by atoms with Gasteiger partial charge < -0.3 is 5.32 Å². The van der Waals surface area contributed by atoms with E-state index in [1.807, 2.05) is 6.08 Å². The number of carbonyl (C=O) groups is 1. The molecule has 2 aliphatic heterocycles. The van der Waals surface area contributed by atoms with Crippen molar-refractivity contribution in [3.8, 4) is 0 Å². The van der Waals surface area contributed by atoms with Crippen LogP contribution in [0.1, 0.15) is 38.2 Å². The number of sulfonamides is 1. The molecule has 1 N–H and O–H groups in total. The molecular formula is C17H22N2O3S. The molecule has 0 spiro atoms. The van der Waals surface area contributed by atoms with Crippen LogP contribution in [0.15, 0.2) is 35.2 Å². The molecule has 124 valence electrons. The SMILES string of the molecule is CCC(=O)Nc1ccc(S(=O)(=O)N2C3C=CCC2CC3)c(C)c1. The van der Waals surface area contributed by atoms with Crippen LogP contribution in [-0.2, 0) is 14.8 Å². The Bertz CT molecular complexity index is 755. The molecule has 1 saturated heterocycles. The van der Waals surface area contributed by atoms with Gasteiger partial charge in [-0.05, 0) is 49.9 Å². The number of amides is 1. The number of hydrogen-bond acceptors (Lipinski definition) is 3. The van der Waals surface area contributed by atoms with Crippen molar-refractivity contribution in [1.82, 2.24) is 4.31 Å². The van der Waals surface area contributed by atoms with Crippen LogP contribution in [0.25, 0.3) is 0 Å². The maximum Gasteiger partial charge on any atom is 0.244 e. The van der Waals surface area contributed by atoms with Gasteiger partial charge in [-0.15, -0.1) is 0 Å². The van der Waals surface area contributed by atoms with Gasteiger partial charge in [-0.1, -0.05) is 19.1 Å². The lowest BCUT2D eigenvalue weighted by Gasteiger charge is -2.30. The molecule has 1 aromatic rings. The van der Waals surface area contributed by atoms with Crippen molar-refractivity contribution in [2.45, 2.75) is 56.5 Å². The van der Waals surface area contributed by atoms with E-state index in [1.165, 1.54) is 0 Å². The van der Waals surface area contributed by atoms with Crippen molar-refractivity contribution in [1.29, 1.82) is 0 Å². The smallest absolute Gasteiger partial charge is 0.244 e. The van der Waals surface area contributed by atoms with Gasteiger partial charge in [0.25, 0.3) is 0 Å². The molecular weight excluding hydrogens is 312 g/mol. The lowest BCUT2D eigenvalue weighted by molar-refractivity contribution is -0.115. The average Bonchev–Trinajstić information content (AvgIpc) is 2.78. The highest BCUT2D eigenvalue weighted by Crippen LogP contribution is 2.37. The van der Waals surface area contributed by atoms with E-state index in [-0.39, 0.29) is 18.0 Å². The first-order chi connectivity index (χ1) is 10.9. The Morgan fingerprint density at radius 1 is 1.35 bits per heavy atom. The zero-order chi connectivity index (χ0) is 16.6. The van der Waals surface area contributed by atoms with Crippen molar-refractivity contribution >= 4 is 21.6 Å². The number of anilines is 1. The fourth-order valence-electron chi connectivity index (χ4n) is 3.44. The zero-order valence-corrected chi connectivity index (χ0v) is 14.3. The van der Waals surface area contributed by atoms with Crippen LogP contribution in [0.4, 0.5) is 5.69 Å². The first-order valence-electron chi connectivity index (χ1n) is 8.04. The maximum atomic E-state index is 13.1. The van der Waals surface area contributed by atoms with Crippen LogP contribution < -0.4 is 5.32 Å². The van der Waals surface area contributed by atoms with Crippen LogP contribution in [0.5, 0.6) is 0 Å². The Morgan fingerprint density at radius 3 is 2.78 bits per heavy atom. The molecule has 3 rings (SSSR count). The number of benzene rings is 1. The van der Waals surface area contributed by atoms with Gasteiger partial charge >= 0.3 is 0 Å². The highest BCUT2D eigenvalue weighted by molar-refractivity contribution is 7.89. The third-order valence-corrected chi connectivity index (χ3v) is 6.72. The Hall–Kier alpha value is -1.66. The van der Waals surface area contributed by atoms with Gasteiger partial charge in [-0.2, -0.15) is 4.31 Å². The van der Waals surface area contributed by atoms with Gasteiger partial charge in [0.2, 0.25) is 15.9 Å². The van der Waals surface area contributed by atoms with Crippen LogP contribution >= 0.6 is 0 Å². The van der Waals surface area contributed by atoms with Gasteiger partial charge in [0, 0.05) is 24.2 Å². The van der Waals surface area contributed by atoms with Crippen molar-refractivity contribution in [3.05, 3.63) is 35.9 Å². The third-order valence-electron chi connectivity index (χ3n) is 4.58. The van der Waals surface area contributed by atoms with Crippen LogP contribution in [0.2, 0.25) is 0 Å². The van der Waals surface area contributed by atoms with Gasteiger partial charge in [0.1, 0.15) is 0 Å². The summed E-state index contributed by atoms with van der Waals surface area (Å²) in [6.07, 6.45) is 7.09. The van der Waals surface area contributed by atoms with Crippen molar-refractivity contribution < 1.29 is 13.2 Å². The first kappa shape index (κ1) is 16.2. The minimum Gasteiger partial charge on any atom is -0.326 e. The standard InChI is InChI=1S/C17H22N2O3S/c1-3-17(20)18-13-7-10-16(12(2)11-13)23(21,22)19-14-5-4-6-15(19)9-8-14/h4-5,7,10-11,14-15H,3,6,8-9H2,1-2H3,(H,18,20). The lowest BCUT2D eigenvalue weighted by atomic mass is 10.2. The van der Waals surface area contributed by atoms with Gasteiger partial charge in [-0.25, -0.2) is 8.42 Å². The number of hydrogen-bond donors (Lipinski definition) is 1. The molecule has 2 heterocycles. The largest absolute Gasteiger partial charge is 0.326 e. The highest BCUT2D eigenvalue weighted by atomic mass is 32.2. The van der Waals surface area contributed by atoms with Crippen molar-refractivity contribution in [3.63, 3.8) is 0 Å². The van der Waals surface area contributed by atoms with Crippen LogP contribution in [-0.4, -0.2) is 30.7 Å². The second kappa shape index (κ2) is 6.09. The topological polar surface area (TPSA) is 66.5 Å². The number of rotatable bonds is 4. The number of nitrogens with zero attached hydrogens (tertiary/aromatic N) is 1. The summed E-state index contributed by atoms with van der Waals surface area (Å²) in [4.78, 5) is 11.8. The summed E-state index contributed by atoms with van der Waals surface area (Å²) in [6, 6.07) is 5.05. The van der Waals surface area contributed by atoms with E-state index in [1.54, 1.807) is 36.4 Å². The molecule has 0 aliphatic carbocycles. The van der Waals surface area contributed by atoms with Crippen LogP contribution in [0, 0.1) is 6.92 Å². The molecule has 23 heavy (non-hydrogen) atoms. The van der Waals surface area contributed by atoms with E-state index >= 15 is 0 Å². The minimum absolute atomic E-state index is 0.0161. The Kier molecular flexibility index (Phi) is 4.29. The average molecular weight is 334 g/mol. The molecule has 0 aromatic heterocycles. The highest BCUT2D eigenvalue weighted by Gasteiger charge is 2.42. The summed E-state index contributed by atoms with van der Waals surface area (Å²) in [5, 5.41) is 2.76. The molecule has 1 aromatic carbocycles. The minimum atomic E-state index is -3.51. The molecule has 5 nitrogen and oxygen atoms in total.